The zero-order chi connectivity index (χ0) is 10.7. The van der Waals surface area contributed by atoms with Gasteiger partial charge in [0.15, 0.2) is 0 Å². The smallest absolute Gasteiger partial charge is 0.275 e. The van der Waals surface area contributed by atoms with Crippen molar-refractivity contribution in [3.05, 3.63) is 22.4 Å². The van der Waals surface area contributed by atoms with E-state index in [1.54, 1.807) is 6.07 Å². The molecule has 0 aliphatic carbocycles. The van der Waals surface area contributed by atoms with Crippen LogP contribution < -0.4 is 16.2 Å². The van der Waals surface area contributed by atoms with Crippen LogP contribution in [0.2, 0.25) is 0 Å². The lowest BCUT2D eigenvalue weighted by atomic mass is 10.3. The Morgan fingerprint density at radius 2 is 2.47 bits per heavy atom. The maximum atomic E-state index is 11.5. The van der Waals surface area contributed by atoms with Crippen LogP contribution in [-0.2, 0) is 4.79 Å². The normalized spacial score (nSPS) is 20.0. The Labute approximate surface area is 90.8 Å². The monoisotopic (exact) mass is 225 g/mol. The van der Waals surface area contributed by atoms with Gasteiger partial charge >= 0.3 is 0 Å². The number of hydrogen-bond acceptors (Lipinski definition) is 4. The van der Waals surface area contributed by atoms with E-state index < -0.39 is 0 Å². The molecule has 2 rings (SSSR count). The van der Waals surface area contributed by atoms with Crippen molar-refractivity contribution < 1.29 is 9.59 Å². The minimum Gasteiger partial charge on any atom is -0.339 e. The SMILES string of the molecule is O=C1CCC(NNC(=O)c2cccs2)N1. The average molecular weight is 225 g/mol. The molecule has 0 aromatic carbocycles. The molecule has 5 nitrogen and oxygen atoms in total. The predicted molar refractivity (Wildman–Crippen MR) is 56.1 cm³/mol. The molecule has 1 atom stereocenters. The van der Waals surface area contributed by atoms with Crippen LogP contribution in [0, 0.1) is 0 Å². The van der Waals surface area contributed by atoms with E-state index in [9.17, 15) is 9.59 Å². The van der Waals surface area contributed by atoms with E-state index in [1.165, 1.54) is 11.3 Å². The van der Waals surface area contributed by atoms with E-state index in [4.69, 9.17) is 0 Å². The van der Waals surface area contributed by atoms with Crippen molar-refractivity contribution in [3.63, 3.8) is 0 Å². The number of hydrogen-bond donors (Lipinski definition) is 3. The van der Waals surface area contributed by atoms with Gasteiger partial charge in [-0.05, 0) is 17.9 Å². The molecule has 0 bridgehead atoms. The topological polar surface area (TPSA) is 70.2 Å². The highest BCUT2D eigenvalue weighted by Gasteiger charge is 2.20. The quantitative estimate of drug-likeness (QED) is 0.644. The molecule has 15 heavy (non-hydrogen) atoms. The van der Waals surface area contributed by atoms with Gasteiger partial charge < -0.3 is 5.32 Å². The highest BCUT2D eigenvalue weighted by atomic mass is 32.1. The van der Waals surface area contributed by atoms with Crippen molar-refractivity contribution in [2.24, 2.45) is 0 Å². The van der Waals surface area contributed by atoms with Crippen LogP contribution in [0.5, 0.6) is 0 Å². The summed E-state index contributed by atoms with van der Waals surface area (Å²) >= 11 is 1.37. The molecule has 1 aliphatic heterocycles. The highest BCUT2D eigenvalue weighted by Crippen LogP contribution is 2.07. The number of amides is 2. The summed E-state index contributed by atoms with van der Waals surface area (Å²) in [7, 11) is 0. The Kier molecular flexibility index (Phi) is 2.98. The zero-order valence-electron chi connectivity index (χ0n) is 7.95. The summed E-state index contributed by atoms with van der Waals surface area (Å²) in [4.78, 5) is 23.0. The molecule has 2 heterocycles. The van der Waals surface area contributed by atoms with Crippen molar-refractivity contribution in [1.29, 1.82) is 0 Å². The standard InChI is InChI=1S/C9H11N3O2S/c13-8-4-3-7(10-8)11-12-9(14)6-2-1-5-15-6/h1-2,5,7,11H,3-4H2,(H,10,13)(H,12,14). The van der Waals surface area contributed by atoms with Crippen molar-refractivity contribution in [2.45, 2.75) is 19.0 Å². The second-order valence-electron chi connectivity index (χ2n) is 3.23. The fourth-order valence-electron chi connectivity index (χ4n) is 1.34. The van der Waals surface area contributed by atoms with E-state index in [0.29, 0.717) is 17.7 Å². The molecule has 1 aliphatic rings. The number of carbonyl (C=O) groups excluding carboxylic acids is 2. The average Bonchev–Trinajstić information content (AvgIpc) is 2.84. The van der Waals surface area contributed by atoms with Gasteiger partial charge in [0.05, 0.1) is 11.0 Å². The Balaban J connectivity index is 1.79. The molecule has 80 valence electrons. The molecular formula is C9H11N3O2S. The van der Waals surface area contributed by atoms with Gasteiger partial charge in [-0.3, -0.25) is 15.0 Å². The van der Waals surface area contributed by atoms with E-state index in [0.717, 1.165) is 0 Å². The molecule has 1 aromatic rings. The van der Waals surface area contributed by atoms with Crippen LogP contribution >= 0.6 is 11.3 Å². The molecule has 2 amide bonds. The summed E-state index contributed by atoms with van der Waals surface area (Å²) in [6, 6.07) is 3.56. The van der Waals surface area contributed by atoms with Gasteiger partial charge in [-0.2, -0.15) is 0 Å². The highest BCUT2D eigenvalue weighted by molar-refractivity contribution is 7.12. The minimum atomic E-state index is -0.175. The second-order valence-corrected chi connectivity index (χ2v) is 4.18. The lowest BCUT2D eigenvalue weighted by Crippen LogP contribution is -2.49. The Hall–Kier alpha value is -1.40. The fourth-order valence-corrected chi connectivity index (χ4v) is 1.96. The van der Waals surface area contributed by atoms with E-state index in [-0.39, 0.29) is 18.0 Å². The van der Waals surface area contributed by atoms with Crippen LogP contribution in [0.3, 0.4) is 0 Å². The number of rotatable bonds is 3. The molecule has 0 radical (unpaired) electrons. The van der Waals surface area contributed by atoms with Crippen molar-refractivity contribution in [2.75, 3.05) is 0 Å². The maximum Gasteiger partial charge on any atom is 0.275 e. The minimum absolute atomic E-state index is 0.0119. The Bertz CT molecular complexity index is 363. The molecule has 3 N–H and O–H groups in total. The molecule has 6 heteroatoms. The third-order valence-corrected chi connectivity index (χ3v) is 2.97. The summed E-state index contributed by atoms with van der Waals surface area (Å²) in [5.74, 6) is -0.163. The largest absolute Gasteiger partial charge is 0.339 e. The van der Waals surface area contributed by atoms with Crippen LogP contribution in [0.4, 0.5) is 0 Å². The van der Waals surface area contributed by atoms with E-state index in [2.05, 4.69) is 16.2 Å². The van der Waals surface area contributed by atoms with E-state index >= 15 is 0 Å². The van der Waals surface area contributed by atoms with Crippen molar-refractivity contribution in [1.82, 2.24) is 16.2 Å². The van der Waals surface area contributed by atoms with Crippen molar-refractivity contribution >= 4 is 23.2 Å². The molecular weight excluding hydrogens is 214 g/mol. The molecule has 1 fully saturated rings. The summed E-state index contributed by atoms with van der Waals surface area (Å²) < 4.78 is 0. The number of nitrogens with one attached hydrogen (secondary N) is 3. The first-order valence-electron chi connectivity index (χ1n) is 4.64. The lowest BCUT2D eigenvalue weighted by molar-refractivity contribution is -0.119. The molecule has 1 unspecified atom stereocenters. The van der Waals surface area contributed by atoms with Gasteiger partial charge in [-0.25, -0.2) is 5.43 Å². The molecule has 0 spiro atoms. The maximum absolute atomic E-state index is 11.5. The first-order chi connectivity index (χ1) is 7.25. The van der Waals surface area contributed by atoms with Crippen LogP contribution in [0.1, 0.15) is 22.5 Å². The van der Waals surface area contributed by atoms with E-state index in [1.807, 2.05) is 11.4 Å². The molecule has 0 saturated carbocycles. The van der Waals surface area contributed by atoms with Gasteiger partial charge in [-0.15, -0.1) is 11.3 Å². The van der Waals surface area contributed by atoms with Gasteiger partial charge in [-0.1, -0.05) is 6.07 Å². The number of hydrazine groups is 1. The zero-order valence-corrected chi connectivity index (χ0v) is 8.76. The summed E-state index contributed by atoms with van der Waals surface area (Å²) in [5.41, 5.74) is 5.33. The molecule has 1 aromatic heterocycles. The lowest BCUT2D eigenvalue weighted by Gasteiger charge is -2.12. The molecule has 1 saturated heterocycles. The van der Waals surface area contributed by atoms with Crippen LogP contribution in [-0.4, -0.2) is 18.0 Å². The Morgan fingerprint density at radius 3 is 3.07 bits per heavy atom. The van der Waals surface area contributed by atoms with Gasteiger partial charge in [0.1, 0.15) is 0 Å². The first kappa shape index (κ1) is 10.1. The van der Waals surface area contributed by atoms with Crippen LogP contribution in [0.15, 0.2) is 17.5 Å². The van der Waals surface area contributed by atoms with Gasteiger partial charge in [0.25, 0.3) is 5.91 Å². The third kappa shape index (κ3) is 2.54. The third-order valence-electron chi connectivity index (χ3n) is 2.10. The number of thiophene rings is 1. The summed E-state index contributed by atoms with van der Waals surface area (Å²) in [6.45, 7) is 0. The summed E-state index contributed by atoms with van der Waals surface area (Å²) in [5, 5.41) is 4.53. The van der Waals surface area contributed by atoms with Crippen molar-refractivity contribution in [3.8, 4) is 0 Å². The second kappa shape index (κ2) is 4.41. The van der Waals surface area contributed by atoms with Gasteiger partial charge in [0.2, 0.25) is 5.91 Å². The van der Waals surface area contributed by atoms with Gasteiger partial charge in [0, 0.05) is 6.42 Å². The predicted octanol–water partition coefficient (Wildman–Crippen LogP) is 0.219. The first-order valence-corrected chi connectivity index (χ1v) is 5.52. The summed E-state index contributed by atoms with van der Waals surface area (Å²) in [6.07, 6.45) is 1.05. The number of carbonyl (C=O) groups is 2. The Morgan fingerprint density at radius 1 is 1.60 bits per heavy atom. The van der Waals surface area contributed by atoms with Crippen LogP contribution in [0.25, 0.3) is 0 Å². The fraction of sp³-hybridized carbons (Fsp3) is 0.333.